The van der Waals surface area contributed by atoms with Crippen molar-refractivity contribution in [2.24, 2.45) is 11.7 Å². The van der Waals surface area contributed by atoms with E-state index in [0.29, 0.717) is 12.2 Å². The average Bonchev–Trinajstić information content (AvgIpc) is 2.29. The van der Waals surface area contributed by atoms with Gasteiger partial charge in [0.2, 0.25) is 5.91 Å². The standard InChI is InChI=1S/C12H16ClFN2O/c1-2-3-8(7-15)12(17)16-11-5-4-9(14)6-10(11)13/h4-6,8H,2-3,7,15H2,1H3,(H,16,17). The van der Waals surface area contributed by atoms with E-state index in [4.69, 9.17) is 17.3 Å². The largest absolute Gasteiger partial charge is 0.330 e. The van der Waals surface area contributed by atoms with Crippen LogP contribution in [0.4, 0.5) is 10.1 Å². The molecule has 0 aliphatic rings. The smallest absolute Gasteiger partial charge is 0.228 e. The zero-order valence-electron chi connectivity index (χ0n) is 9.67. The van der Waals surface area contributed by atoms with Gasteiger partial charge in [-0.25, -0.2) is 4.39 Å². The van der Waals surface area contributed by atoms with E-state index in [-0.39, 0.29) is 16.8 Å². The van der Waals surface area contributed by atoms with Gasteiger partial charge in [-0.15, -0.1) is 0 Å². The van der Waals surface area contributed by atoms with Crippen molar-refractivity contribution in [3.05, 3.63) is 29.0 Å². The van der Waals surface area contributed by atoms with E-state index in [1.807, 2.05) is 6.92 Å². The highest BCUT2D eigenvalue weighted by atomic mass is 35.5. The molecule has 0 spiro atoms. The number of halogens is 2. The lowest BCUT2D eigenvalue weighted by molar-refractivity contribution is -0.119. The van der Waals surface area contributed by atoms with E-state index in [1.165, 1.54) is 12.1 Å². The molecular weight excluding hydrogens is 243 g/mol. The Morgan fingerprint density at radius 2 is 2.29 bits per heavy atom. The molecule has 0 radical (unpaired) electrons. The van der Waals surface area contributed by atoms with E-state index in [2.05, 4.69) is 5.32 Å². The van der Waals surface area contributed by atoms with Gasteiger partial charge in [-0.05, 0) is 24.6 Å². The molecule has 1 atom stereocenters. The highest BCUT2D eigenvalue weighted by molar-refractivity contribution is 6.33. The van der Waals surface area contributed by atoms with Gasteiger partial charge >= 0.3 is 0 Å². The summed E-state index contributed by atoms with van der Waals surface area (Å²) in [7, 11) is 0. The Morgan fingerprint density at radius 1 is 1.59 bits per heavy atom. The average molecular weight is 259 g/mol. The maximum absolute atomic E-state index is 12.8. The third-order valence-electron chi connectivity index (χ3n) is 2.48. The normalized spacial score (nSPS) is 12.2. The van der Waals surface area contributed by atoms with E-state index in [0.717, 1.165) is 18.9 Å². The van der Waals surface area contributed by atoms with Crippen LogP contribution in [-0.2, 0) is 4.79 Å². The second kappa shape index (κ2) is 6.57. The van der Waals surface area contributed by atoms with Gasteiger partial charge in [0.25, 0.3) is 0 Å². The number of amides is 1. The number of carbonyl (C=O) groups excluding carboxylic acids is 1. The third kappa shape index (κ3) is 3.98. The molecule has 0 aromatic heterocycles. The van der Waals surface area contributed by atoms with Gasteiger partial charge in [0.1, 0.15) is 5.82 Å². The van der Waals surface area contributed by atoms with Crippen LogP contribution in [0.5, 0.6) is 0 Å². The van der Waals surface area contributed by atoms with Gasteiger partial charge in [0.15, 0.2) is 0 Å². The summed E-state index contributed by atoms with van der Waals surface area (Å²) in [5.74, 6) is -0.846. The van der Waals surface area contributed by atoms with Crippen LogP contribution < -0.4 is 11.1 Å². The van der Waals surface area contributed by atoms with Gasteiger partial charge in [0, 0.05) is 6.54 Å². The first-order chi connectivity index (χ1) is 8.08. The molecule has 0 heterocycles. The zero-order valence-corrected chi connectivity index (χ0v) is 10.4. The van der Waals surface area contributed by atoms with Crippen molar-refractivity contribution in [1.82, 2.24) is 0 Å². The zero-order chi connectivity index (χ0) is 12.8. The molecule has 1 rings (SSSR count). The summed E-state index contributed by atoms with van der Waals surface area (Å²) in [6.07, 6.45) is 1.60. The lowest BCUT2D eigenvalue weighted by atomic mass is 10.0. The molecule has 5 heteroatoms. The molecule has 0 fully saturated rings. The Morgan fingerprint density at radius 3 is 2.82 bits per heavy atom. The summed E-state index contributed by atoms with van der Waals surface area (Å²) < 4.78 is 12.8. The Labute approximate surface area is 105 Å². The fraction of sp³-hybridized carbons (Fsp3) is 0.417. The second-order valence-electron chi connectivity index (χ2n) is 3.83. The minimum absolute atomic E-state index is 0.178. The van der Waals surface area contributed by atoms with Crippen molar-refractivity contribution in [2.45, 2.75) is 19.8 Å². The molecule has 0 saturated heterocycles. The monoisotopic (exact) mass is 258 g/mol. The number of rotatable bonds is 5. The fourth-order valence-electron chi connectivity index (χ4n) is 1.53. The number of benzene rings is 1. The Balaban J connectivity index is 2.73. The van der Waals surface area contributed by atoms with Crippen LogP contribution >= 0.6 is 11.6 Å². The van der Waals surface area contributed by atoms with Crippen molar-refractivity contribution in [2.75, 3.05) is 11.9 Å². The Bertz CT molecular complexity index is 398. The molecule has 3 nitrogen and oxygen atoms in total. The molecule has 1 unspecified atom stereocenters. The van der Waals surface area contributed by atoms with E-state index in [1.54, 1.807) is 0 Å². The molecule has 3 N–H and O–H groups in total. The minimum Gasteiger partial charge on any atom is -0.330 e. The maximum Gasteiger partial charge on any atom is 0.228 e. The molecule has 0 aliphatic heterocycles. The molecule has 1 aromatic carbocycles. The number of anilines is 1. The van der Waals surface area contributed by atoms with Crippen molar-refractivity contribution in [3.8, 4) is 0 Å². The molecule has 0 aliphatic carbocycles. The number of nitrogens with one attached hydrogen (secondary N) is 1. The van der Waals surface area contributed by atoms with Crippen LogP contribution in [-0.4, -0.2) is 12.5 Å². The van der Waals surface area contributed by atoms with E-state index >= 15 is 0 Å². The van der Waals surface area contributed by atoms with Crippen LogP contribution in [0.15, 0.2) is 18.2 Å². The summed E-state index contributed by atoms with van der Waals surface area (Å²) in [4.78, 5) is 11.8. The lowest BCUT2D eigenvalue weighted by Crippen LogP contribution is -2.29. The second-order valence-corrected chi connectivity index (χ2v) is 4.24. The Hall–Kier alpha value is -1.13. The molecule has 0 saturated carbocycles. The van der Waals surface area contributed by atoms with Crippen LogP contribution in [0, 0.1) is 11.7 Å². The number of hydrogen-bond acceptors (Lipinski definition) is 2. The Kier molecular flexibility index (Phi) is 5.38. The fourth-order valence-corrected chi connectivity index (χ4v) is 1.74. The summed E-state index contributed by atoms with van der Waals surface area (Å²) in [5.41, 5.74) is 5.93. The van der Waals surface area contributed by atoms with Crippen LogP contribution in [0.2, 0.25) is 5.02 Å². The topological polar surface area (TPSA) is 55.1 Å². The number of hydrogen-bond donors (Lipinski definition) is 2. The molecule has 94 valence electrons. The highest BCUT2D eigenvalue weighted by Gasteiger charge is 2.16. The molecule has 17 heavy (non-hydrogen) atoms. The SMILES string of the molecule is CCCC(CN)C(=O)Nc1ccc(F)cc1Cl. The molecule has 1 aromatic rings. The van der Waals surface area contributed by atoms with Crippen LogP contribution in [0.25, 0.3) is 0 Å². The molecule has 0 bridgehead atoms. The number of nitrogens with two attached hydrogens (primary N) is 1. The quantitative estimate of drug-likeness (QED) is 0.853. The first-order valence-corrected chi connectivity index (χ1v) is 5.92. The third-order valence-corrected chi connectivity index (χ3v) is 2.79. The van der Waals surface area contributed by atoms with Crippen LogP contribution in [0.3, 0.4) is 0 Å². The minimum atomic E-state index is -0.433. The van der Waals surface area contributed by atoms with Gasteiger partial charge in [-0.1, -0.05) is 24.9 Å². The van der Waals surface area contributed by atoms with E-state index < -0.39 is 5.82 Å². The predicted octanol–water partition coefficient (Wildman–Crippen LogP) is 2.79. The molecular formula is C12H16ClFN2O. The number of carbonyl (C=O) groups is 1. The van der Waals surface area contributed by atoms with Gasteiger partial charge in [-0.3, -0.25) is 4.79 Å². The first-order valence-electron chi connectivity index (χ1n) is 5.54. The summed E-state index contributed by atoms with van der Waals surface area (Å²) in [6.45, 7) is 2.28. The lowest BCUT2D eigenvalue weighted by Gasteiger charge is -2.14. The highest BCUT2D eigenvalue weighted by Crippen LogP contribution is 2.23. The van der Waals surface area contributed by atoms with Gasteiger partial charge in [-0.2, -0.15) is 0 Å². The summed E-state index contributed by atoms with van der Waals surface area (Å²) in [6, 6.07) is 3.85. The van der Waals surface area contributed by atoms with Crippen molar-refractivity contribution >= 4 is 23.2 Å². The van der Waals surface area contributed by atoms with E-state index in [9.17, 15) is 9.18 Å². The van der Waals surface area contributed by atoms with Crippen molar-refractivity contribution in [1.29, 1.82) is 0 Å². The van der Waals surface area contributed by atoms with Crippen molar-refractivity contribution in [3.63, 3.8) is 0 Å². The summed E-state index contributed by atoms with van der Waals surface area (Å²) >= 11 is 5.81. The summed E-state index contributed by atoms with van der Waals surface area (Å²) in [5, 5.41) is 2.84. The predicted molar refractivity (Wildman–Crippen MR) is 67.5 cm³/mol. The van der Waals surface area contributed by atoms with Gasteiger partial charge < -0.3 is 11.1 Å². The van der Waals surface area contributed by atoms with Crippen LogP contribution in [0.1, 0.15) is 19.8 Å². The first kappa shape index (κ1) is 13.9. The van der Waals surface area contributed by atoms with Gasteiger partial charge in [0.05, 0.1) is 16.6 Å². The van der Waals surface area contributed by atoms with Crippen molar-refractivity contribution < 1.29 is 9.18 Å². The maximum atomic E-state index is 12.8. The molecule has 1 amide bonds.